The molecule has 1 aliphatic heterocycles. The van der Waals surface area contributed by atoms with E-state index in [0.29, 0.717) is 30.3 Å². The van der Waals surface area contributed by atoms with Crippen LogP contribution in [0.1, 0.15) is 31.7 Å². The number of benzene rings is 1. The van der Waals surface area contributed by atoms with Gasteiger partial charge in [0.1, 0.15) is 10.6 Å². The van der Waals surface area contributed by atoms with E-state index in [9.17, 15) is 13.5 Å². The molecule has 0 radical (unpaired) electrons. The lowest BCUT2D eigenvalue weighted by atomic mass is 10.0. The number of methoxy groups -OCH3 is 1. The van der Waals surface area contributed by atoms with Gasteiger partial charge in [0, 0.05) is 13.1 Å². The number of aliphatic hydroxyl groups is 1. The average Bonchev–Trinajstić information content (AvgIpc) is 2.71. The topological polar surface area (TPSA) is 66.8 Å². The lowest BCUT2D eigenvalue weighted by Crippen LogP contribution is -2.32. The summed E-state index contributed by atoms with van der Waals surface area (Å²) in [4.78, 5) is 0.145. The van der Waals surface area contributed by atoms with Crippen LogP contribution < -0.4 is 4.74 Å². The molecule has 1 unspecified atom stereocenters. The smallest absolute Gasteiger partial charge is 0.246 e. The molecule has 1 N–H and O–H groups in total. The lowest BCUT2D eigenvalue weighted by Gasteiger charge is -2.21. The minimum absolute atomic E-state index is 0.145. The molecule has 21 heavy (non-hydrogen) atoms. The highest BCUT2D eigenvalue weighted by atomic mass is 32.2. The van der Waals surface area contributed by atoms with Gasteiger partial charge in [-0.3, -0.25) is 0 Å². The summed E-state index contributed by atoms with van der Waals surface area (Å²) in [5, 5.41) is 9.23. The zero-order chi connectivity index (χ0) is 15.5. The van der Waals surface area contributed by atoms with Gasteiger partial charge in [0.2, 0.25) is 10.0 Å². The number of aliphatic hydroxyl groups excluding tert-OH is 1. The number of hydrogen-bond acceptors (Lipinski definition) is 4. The Hall–Kier alpha value is -1.11. The van der Waals surface area contributed by atoms with Gasteiger partial charge in [0.25, 0.3) is 0 Å². The molecule has 1 fully saturated rings. The fraction of sp³-hybridized carbons (Fsp3) is 0.600. The molecule has 0 aromatic heterocycles. The SMILES string of the molecule is COc1ccc(CO)cc1S(=O)(=O)N1CCCC(C)CC1. The van der Waals surface area contributed by atoms with Crippen molar-refractivity contribution in [3.63, 3.8) is 0 Å². The molecular weight excluding hydrogens is 290 g/mol. The molecule has 1 aromatic carbocycles. The van der Waals surface area contributed by atoms with Gasteiger partial charge < -0.3 is 9.84 Å². The van der Waals surface area contributed by atoms with Gasteiger partial charge in [0.05, 0.1) is 13.7 Å². The van der Waals surface area contributed by atoms with Crippen molar-refractivity contribution in [2.45, 2.75) is 37.7 Å². The van der Waals surface area contributed by atoms with Crippen molar-refractivity contribution in [1.29, 1.82) is 0 Å². The first-order chi connectivity index (χ1) is 9.98. The van der Waals surface area contributed by atoms with Crippen LogP contribution in [0.2, 0.25) is 0 Å². The summed E-state index contributed by atoms with van der Waals surface area (Å²) >= 11 is 0. The zero-order valence-electron chi connectivity index (χ0n) is 12.6. The van der Waals surface area contributed by atoms with E-state index in [1.165, 1.54) is 17.5 Å². The van der Waals surface area contributed by atoms with Crippen molar-refractivity contribution in [2.75, 3.05) is 20.2 Å². The van der Waals surface area contributed by atoms with Crippen molar-refractivity contribution < 1.29 is 18.3 Å². The molecule has 118 valence electrons. The van der Waals surface area contributed by atoms with Crippen LogP contribution in [0.4, 0.5) is 0 Å². The summed E-state index contributed by atoms with van der Waals surface area (Å²) in [7, 11) is -2.13. The van der Waals surface area contributed by atoms with Gasteiger partial charge in [-0.1, -0.05) is 13.0 Å². The van der Waals surface area contributed by atoms with Gasteiger partial charge in [-0.2, -0.15) is 4.31 Å². The first-order valence-corrected chi connectivity index (χ1v) is 8.71. The van der Waals surface area contributed by atoms with E-state index in [4.69, 9.17) is 4.74 Å². The van der Waals surface area contributed by atoms with Gasteiger partial charge in [-0.15, -0.1) is 0 Å². The molecule has 1 heterocycles. The number of hydrogen-bond donors (Lipinski definition) is 1. The summed E-state index contributed by atoms with van der Waals surface area (Å²) in [5.41, 5.74) is 0.567. The number of sulfonamides is 1. The Morgan fingerprint density at radius 3 is 2.76 bits per heavy atom. The Bertz CT molecular complexity index is 585. The molecule has 6 heteroatoms. The van der Waals surface area contributed by atoms with Crippen LogP contribution in [0.15, 0.2) is 23.1 Å². The van der Waals surface area contributed by atoms with Crippen molar-refractivity contribution >= 4 is 10.0 Å². The molecular formula is C15H23NO4S. The van der Waals surface area contributed by atoms with Gasteiger partial charge in [-0.25, -0.2) is 8.42 Å². The predicted octanol–water partition coefficient (Wildman–Crippen LogP) is 2.00. The Morgan fingerprint density at radius 2 is 2.10 bits per heavy atom. The number of rotatable bonds is 4. The third-order valence-corrected chi connectivity index (χ3v) is 5.92. The van der Waals surface area contributed by atoms with Crippen LogP contribution in [-0.4, -0.2) is 38.0 Å². The maximum absolute atomic E-state index is 12.9. The Morgan fingerprint density at radius 1 is 1.33 bits per heavy atom. The molecule has 1 atom stereocenters. The third kappa shape index (κ3) is 3.56. The molecule has 0 amide bonds. The normalized spacial score (nSPS) is 21.0. The Balaban J connectivity index is 2.38. The fourth-order valence-corrected chi connectivity index (χ4v) is 4.34. The Labute approximate surface area is 126 Å². The minimum atomic E-state index is -3.59. The molecule has 0 saturated carbocycles. The van der Waals surface area contributed by atoms with Gasteiger partial charge >= 0.3 is 0 Å². The first kappa shape index (κ1) is 16.3. The van der Waals surface area contributed by atoms with E-state index in [1.54, 1.807) is 12.1 Å². The summed E-state index contributed by atoms with van der Waals surface area (Å²) in [5.74, 6) is 0.875. The second-order valence-corrected chi connectivity index (χ2v) is 7.49. The average molecular weight is 313 g/mol. The second kappa shape index (κ2) is 6.77. The van der Waals surface area contributed by atoms with Crippen molar-refractivity contribution in [3.8, 4) is 5.75 Å². The van der Waals surface area contributed by atoms with Crippen LogP contribution in [-0.2, 0) is 16.6 Å². The third-order valence-electron chi connectivity index (χ3n) is 4.00. The maximum atomic E-state index is 12.9. The number of ether oxygens (including phenoxy) is 1. The summed E-state index contributed by atoms with van der Waals surface area (Å²) in [6.45, 7) is 3.04. The maximum Gasteiger partial charge on any atom is 0.246 e. The van der Waals surface area contributed by atoms with E-state index in [-0.39, 0.29) is 11.5 Å². The van der Waals surface area contributed by atoms with Crippen LogP contribution in [0.25, 0.3) is 0 Å². The van der Waals surface area contributed by atoms with Gasteiger partial charge in [0.15, 0.2) is 0 Å². The summed E-state index contributed by atoms with van der Waals surface area (Å²) in [6.07, 6.45) is 2.81. The zero-order valence-corrected chi connectivity index (χ0v) is 13.4. The molecule has 5 nitrogen and oxygen atoms in total. The Kier molecular flexibility index (Phi) is 5.24. The van der Waals surface area contributed by atoms with E-state index < -0.39 is 10.0 Å². The molecule has 0 spiro atoms. The standard InChI is InChI=1S/C15H23NO4S/c1-12-4-3-8-16(9-7-12)21(18,19)15-10-13(11-17)5-6-14(15)20-2/h5-6,10,12,17H,3-4,7-9,11H2,1-2H3. The van der Waals surface area contributed by atoms with Crippen LogP contribution in [0, 0.1) is 5.92 Å². The second-order valence-electron chi connectivity index (χ2n) is 5.58. The van der Waals surface area contributed by atoms with Crippen molar-refractivity contribution in [2.24, 2.45) is 5.92 Å². The highest BCUT2D eigenvalue weighted by Gasteiger charge is 2.29. The predicted molar refractivity (Wildman–Crippen MR) is 80.7 cm³/mol. The van der Waals surface area contributed by atoms with Crippen molar-refractivity contribution in [3.05, 3.63) is 23.8 Å². The van der Waals surface area contributed by atoms with E-state index in [0.717, 1.165) is 19.3 Å². The van der Waals surface area contributed by atoms with E-state index in [2.05, 4.69) is 6.92 Å². The van der Waals surface area contributed by atoms with E-state index in [1.807, 2.05) is 0 Å². The molecule has 1 aromatic rings. The molecule has 0 aliphatic carbocycles. The molecule has 0 bridgehead atoms. The highest BCUT2D eigenvalue weighted by molar-refractivity contribution is 7.89. The largest absolute Gasteiger partial charge is 0.495 e. The first-order valence-electron chi connectivity index (χ1n) is 7.27. The molecule has 1 saturated heterocycles. The van der Waals surface area contributed by atoms with Crippen molar-refractivity contribution in [1.82, 2.24) is 4.31 Å². The van der Waals surface area contributed by atoms with Gasteiger partial charge in [-0.05, 0) is 42.9 Å². The number of nitrogens with zero attached hydrogens (tertiary/aromatic N) is 1. The minimum Gasteiger partial charge on any atom is -0.495 e. The highest BCUT2D eigenvalue weighted by Crippen LogP contribution is 2.30. The summed E-state index contributed by atoms with van der Waals surface area (Å²) < 4.78 is 32.4. The quantitative estimate of drug-likeness (QED) is 0.923. The van der Waals surface area contributed by atoms with E-state index >= 15 is 0 Å². The van der Waals surface area contributed by atoms with Crippen LogP contribution in [0.3, 0.4) is 0 Å². The van der Waals surface area contributed by atoms with Crippen LogP contribution in [0.5, 0.6) is 5.75 Å². The monoisotopic (exact) mass is 313 g/mol. The lowest BCUT2D eigenvalue weighted by molar-refractivity contribution is 0.281. The fourth-order valence-electron chi connectivity index (χ4n) is 2.64. The molecule has 1 aliphatic rings. The molecule has 2 rings (SSSR count). The van der Waals surface area contributed by atoms with Crippen LogP contribution >= 0.6 is 0 Å². The summed E-state index contributed by atoms with van der Waals surface area (Å²) in [6, 6.07) is 4.77.